The van der Waals surface area contributed by atoms with Crippen LogP contribution in [0.5, 0.6) is 11.5 Å². The van der Waals surface area contributed by atoms with Crippen molar-refractivity contribution in [2.45, 2.75) is 6.92 Å². The van der Waals surface area contributed by atoms with E-state index in [0.717, 1.165) is 11.4 Å². The molecule has 0 saturated carbocycles. The minimum atomic E-state index is -0.479. The van der Waals surface area contributed by atoms with Crippen molar-refractivity contribution in [3.8, 4) is 11.5 Å². The highest BCUT2D eigenvalue weighted by Gasteiger charge is 2.13. The molecule has 2 N–H and O–H groups in total. The maximum atomic E-state index is 14.2. The molecule has 4 rings (SSSR count). The van der Waals surface area contributed by atoms with E-state index in [1.54, 1.807) is 37.6 Å². The molecule has 0 saturated heterocycles. The number of aryl methyl sites for hydroxylation is 1. The first-order chi connectivity index (χ1) is 15.5. The topological polar surface area (TPSA) is 81.2 Å². The van der Waals surface area contributed by atoms with E-state index in [9.17, 15) is 4.39 Å². The van der Waals surface area contributed by atoms with E-state index in [2.05, 4.69) is 25.6 Å². The first-order valence-electron chi connectivity index (χ1n) is 9.87. The minimum Gasteiger partial charge on any atom is -0.493 e. The van der Waals surface area contributed by atoms with Crippen LogP contribution in [0, 0.1) is 12.7 Å². The summed E-state index contributed by atoms with van der Waals surface area (Å²) in [5.74, 6) is 1.03. The summed E-state index contributed by atoms with van der Waals surface area (Å²) in [5, 5.41) is 7.26. The Morgan fingerprint density at radius 3 is 2.69 bits per heavy atom. The van der Waals surface area contributed by atoms with Crippen LogP contribution in [0.15, 0.2) is 55.0 Å². The van der Waals surface area contributed by atoms with E-state index >= 15 is 0 Å². The van der Waals surface area contributed by atoms with Gasteiger partial charge in [-0.25, -0.2) is 14.4 Å². The maximum absolute atomic E-state index is 14.2. The summed E-state index contributed by atoms with van der Waals surface area (Å²) in [5.41, 5.74) is 2.80. The molecule has 0 atom stereocenters. The maximum Gasteiger partial charge on any atom is 0.163 e. The summed E-state index contributed by atoms with van der Waals surface area (Å²) < 4.78 is 25.6. The molecule has 0 aliphatic carbocycles. The lowest BCUT2D eigenvalue weighted by atomic mass is 10.2. The lowest BCUT2D eigenvalue weighted by Crippen LogP contribution is -2.12. The van der Waals surface area contributed by atoms with Crippen molar-refractivity contribution in [3.05, 3.63) is 71.5 Å². The highest BCUT2D eigenvalue weighted by molar-refractivity contribution is 6.30. The van der Waals surface area contributed by atoms with Gasteiger partial charge in [0.15, 0.2) is 11.5 Å². The SMILES string of the molecule is COc1cc2c(Nc3ccc(Cl)cc3F)ncnc2cc1OCCNc1ccnc(C)c1. The number of pyridine rings is 1. The zero-order valence-electron chi connectivity index (χ0n) is 17.5. The van der Waals surface area contributed by atoms with Crippen molar-refractivity contribution in [2.24, 2.45) is 0 Å². The molecule has 0 unspecified atom stereocenters. The second kappa shape index (κ2) is 9.65. The summed E-state index contributed by atoms with van der Waals surface area (Å²) >= 11 is 5.83. The molecule has 0 aliphatic rings. The zero-order valence-corrected chi connectivity index (χ0v) is 18.3. The number of rotatable bonds is 8. The quantitative estimate of drug-likeness (QED) is 0.347. The Kier molecular flexibility index (Phi) is 6.51. The lowest BCUT2D eigenvalue weighted by Gasteiger charge is -2.14. The summed E-state index contributed by atoms with van der Waals surface area (Å²) in [4.78, 5) is 12.7. The molecule has 7 nitrogen and oxygen atoms in total. The van der Waals surface area contributed by atoms with Gasteiger partial charge in [-0.15, -0.1) is 0 Å². The van der Waals surface area contributed by atoms with E-state index < -0.39 is 5.82 Å². The third-order valence-electron chi connectivity index (χ3n) is 4.69. The number of methoxy groups -OCH3 is 1. The average molecular weight is 454 g/mol. The van der Waals surface area contributed by atoms with Crippen molar-refractivity contribution in [3.63, 3.8) is 0 Å². The van der Waals surface area contributed by atoms with Crippen molar-refractivity contribution < 1.29 is 13.9 Å². The fourth-order valence-corrected chi connectivity index (χ4v) is 3.33. The van der Waals surface area contributed by atoms with Gasteiger partial charge in [0.2, 0.25) is 0 Å². The molecule has 164 valence electrons. The molecular formula is C23H21ClFN5O2. The smallest absolute Gasteiger partial charge is 0.163 e. The highest BCUT2D eigenvalue weighted by Crippen LogP contribution is 2.35. The number of nitrogens with zero attached hydrogens (tertiary/aromatic N) is 3. The Morgan fingerprint density at radius 1 is 1.03 bits per heavy atom. The fraction of sp³-hybridized carbons (Fsp3) is 0.174. The van der Waals surface area contributed by atoms with E-state index in [4.69, 9.17) is 21.1 Å². The molecule has 9 heteroatoms. The Morgan fingerprint density at radius 2 is 1.91 bits per heavy atom. The monoisotopic (exact) mass is 453 g/mol. The molecule has 0 aliphatic heterocycles. The predicted octanol–water partition coefficient (Wildman–Crippen LogP) is 5.37. The van der Waals surface area contributed by atoms with Gasteiger partial charge in [-0.05, 0) is 43.3 Å². The van der Waals surface area contributed by atoms with Gasteiger partial charge in [0.25, 0.3) is 0 Å². The Labute approximate surface area is 189 Å². The number of halogens is 2. The van der Waals surface area contributed by atoms with Crippen LogP contribution in [-0.4, -0.2) is 35.2 Å². The number of benzene rings is 2. The lowest BCUT2D eigenvalue weighted by molar-refractivity contribution is 0.306. The molecule has 4 aromatic rings. The van der Waals surface area contributed by atoms with Crippen molar-refractivity contribution in [1.82, 2.24) is 15.0 Å². The molecule has 2 heterocycles. The van der Waals surface area contributed by atoms with Gasteiger partial charge < -0.3 is 20.1 Å². The second-order valence-electron chi connectivity index (χ2n) is 6.95. The van der Waals surface area contributed by atoms with Crippen LogP contribution in [0.25, 0.3) is 10.9 Å². The first-order valence-corrected chi connectivity index (χ1v) is 10.3. The van der Waals surface area contributed by atoms with Crippen molar-refractivity contribution in [2.75, 3.05) is 30.9 Å². The number of ether oxygens (including phenoxy) is 2. The highest BCUT2D eigenvalue weighted by atomic mass is 35.5. The van der Waals surface area contributed by atoms with Gasteiger partial charge >= 0.3 is 0 Å². The fourth-order valence-electron chi connectivity index (χ4n) is 3.17. The number of hydrogen-bond acceptors (Lipinski definition) is 7. The number of fused-ring (bicyclic) bond motifs is 1. The average Bonchev–Trinajstić information content (AvgIpc) is 2.78. The van der Waals surface area contributed by atoms with E-state index in [-0.39, 0.29) is 5.69 Å². The second-order valence-corrected chi connectivity index (χ2v) is 7.39. The number of aromatic nitrogens is 3. The molecular weight excluding hydrogens is 433 g/mol. The van der Waals surface area contributed by atoms with Gasteiger partial charge in [-0.1, -0.05) is 11.6 Å². The molecule has 2 aromatic carbocycles. The van der Waals surface area contributed by atoms with Crippen molar-refractivity contribution >= 4 is 39.7 Å². The van der Waals surface area contributed by atoms with Crippen LogP contribution in [-0.2, 0) is 0 Å². The van der Waals surface area contributed by atoms with Crippen LogP contribution in [0.3, 0.4) is 0 Å². The summed E-state index contributed by atoms with van der Waals surface area (Å²) in [6, 6.07) is 11.8. The standard InChI is InChI=1S/C23H21ClFN5O2/c1-14-9-16(5-6-26-14)27-7-8-32-22-12-20-17(11-21(22)31-2)23(29-13-28-20)30-19-4-3-15(24)10-18(19)25/h3-6,9-13H,7-8H2,1-2H3,(H,26,27)(H,28,29,30). The van der Waals surface area contributed by atoms with Gasteiger partial charge in [0.1, 0.15) is 24.6 Å². The molecule has 0 spiro atoms. The Bertz CT molecular complexity index is 1250. The number of hydrogen-bond donors (Lipinski definition) is 2. The molecule has 32 heavy (non-hydrogen) atoms. The number of nitrogens with one attached hydrogen (secondary N) is 2. The first kappa shape index (κ1) is 21.6. The van der Waals surface area contributed by atoms with E-state index in [0.29, 0.717) is 46.4 Å². The van der Waals surface area contributed by atoms with E-state index in [1.807, 2.05) is 19.1 Å². The molecule has 0 fully saturated rings. The largest absolute Gasteiger partial charge is 0.493 e. The van der Waals surface area contributed by atoms with Gasteiger partial charge in [0, 0.05) is 40.6 Å². The van der Waals surface area contributed by atoms with Crippen LogP contribution < -0.4 is 20.1 Å². The van der Waals surface area contributed by atoms with Crippen LogP contribution in [0.2, 0.25) is 5.02 Å². The van der Waals surface area contributed by atoms with Crippen LogP contribution in [0.1, 0.15) is 5.69 Å². The van der Waals surface area contributed by atoms with Crippen LogP contribution >= 0.6 is 11.6 Å². The van der Waals surface area contributed by atoms with E-state index in [1.165, 1.54) is 12.4 Å². The zero-order chi connectivity index (χ0) is 22.5. The molecule has 0 radical (unpaired) electrons. The Hall–Kier alpha value is -3.65. The number of anilines is 3. The normalized spacial score (nSPS) is 10.8. The van der Waals surface area contributed by atoms with Gasteiger partial charge in [-0.3, -0.25) is 4.98 Å². The molecule has 0 bridgehead atoms. The summed E-state index contributed by atoms with van der Waals surface area (Å²) in [6.45, 7) is 2.94. The van der Waals surface area contributed by atoms with Crippen molar-refractivity contribution in [1.29, 1.82) is 0 Å². The van der Waals surface area contributed by atoms with Crippen LogP contribution in [0.4, 0.5) is 21.6 Å². The summed E-state index contributed by atoms with van der Waals surface area (Å²) in [6.07, 6.45) is 3.16. The van der Waals surface area contributed by atoms with Gasteiger partial charge in [-0.2, -0.15) is 0 Å². The molecule has 0 amide bonds. The Balaban J connectivity index is 1.52. The summed E-state index contributed by atoms with van der Waals surface area (Å²) in [7, 11) is 1.56. The minimum absolute atomic E-state index is 0.256. The third kappa shape index (κ3) is 4.97. The van der Waals surface area contributed by atoms with Gasteiger partial charge in [0.05, 0.1) is 18.3 Å². The molecule has 2 aromatic heterocycles. The third-order valence-corrected chi connectivity index (χ3v) is 4.93. The predicted molar refractivity (Wildman–Crippen MR) is 124 cm³/mol.